The number of fused-ring (bicyclic) bond motifs is 7. The van der Waals surface area contributed by atoms with Crippen LogP contribution < -0.4 is 21.9 Å². The second-order valence-electron chi connectivity index (χ2n) is 14.6. The zero-order valence-corrected chi connectivity index (χ0v) is 31.1. The number of rotatable bonds is 5. The normalized spacial score (nSPS) is 11.7. The molecular weight excluding hydrogens is 702 g/mol. The van der Waals surface area contributed by atoms with Gasteiger partial charge in [-0.3, -0.25) is 0 Å². The van der Waals surface area contributed by atoms with Crippen molar-refractivity contribution >= 4 is 108 Å². The van der Waals surface area contributed by atoms with Gasteiger partial charge in [0.1, 0.15) is 42.6 Å². The van der Waals surface area contributed by atoms with E-state index in [0.29, 0.717) is 44.5 Å². The van der Waals surface area contributed by atoms with Gasteiger partial charge in [0, 0.05) is 38.2 Å². The largest absolute Gasteiger partial charge is 0.456 e. The fourth-order valence-corrected chi connectivity index (χ4v) is 8.59. The van der Waals surface area contributed by atoms with Gasteiger partial charge in [-0.05, 0) is 82.4 Å². The van der Waals surface area contributed by atoms with E-state index in [4.69, 9.17) is 45.8 Å². The van der Waals surface area contributed by atoms with Crippen LogP contribution in [-0.4, -0.2) is 45.9 Å². The molecule has 8 aromatic carbocycles. The maximum atomic E-state index is 6.88. The molecule has 3 aromatic heterocycles. The molecule has 58 heavy (non-hydrogen) atoms. The molecule has 0 aliphatic rings. The molecule has 11 aromatic rings. The first-order chi connectivity index (χ1) is 28.4. The Morgan fingerprint density at radius 2 is 1.05 bits per heavy atom. The minimum atomic E-state index is 0.306. The van der Waals surface area contributed by atoms with Crippen LogP contribution in [0.4, 0.5) is 0 Å². The Morgan fingerprint density at radius 1 is 0.431 bits per heavy atom. The lowest BCUT2D eigenvalue weighted by molar-refractivity contribution is 0.669. The Bertz CT molecular complexity index is 3420. The summed E-state index contributed by atoms with van der Waals surface area (Å²) >= 11 is 0. The van der Waals surface area contributed by atoms with Crippen LogP contribution in [0.15, 0.2) is 168 Å². The summed E-state index contributed by atoms with van der Waals surface area (Å²) in [6, 6.07) is 55.5. The van der Waals surface area contributed by atoms with E-state index < -0.39 is 0 Å². The highest BCUT2D eigenvalue weighted by Crippen LogP contribution is 2.40. The van der Waals surface area contributed by atoms with Crippen LogP contribution in [-0.2, 0) is 0 Å². The first-order valence-electron chi connectivity index (χ1n) is 19.1. The third-order valence-electron chi connectivity index (χ3n) is 11.3. The summed E-state index contributed by atoms with van der Waals surface area (Å²) < 4.78 is 8.81. The predicted molar refractivity (Wildman–Crippen MR) is 244 cm³/mol. The first-order valence-corrected chi connectivity index (χ1v) is 19.1. The van der Waals surface area contributed by atoms with Crippen molar-refractivity contribution < 1.29 is 4.42 Å². The minimum absolute atomic E-state index is 0.306. The van der Waals surface area contributed by atoms with E-state index in [1.165, 1.54) is 10.8 Å². The molecule has 8 radical (unpaired) electrons. The number of para-hydroxylation sites is 3. The van der Waals surface area contributed by atoms with Crippen molar-refractivity contribution in [2.24, 2.45) is 0 Å². The third-order valence-corrected chi connectivity index (χ3v) is 11.3. The lowest BCUT2D eigenvalue weighted by Crippen LogP contribution is -2.44. The molecule has 260 valence electrons. The fraction of sp³-hybridized carbons (Fsp3) is 0. The average Bonchev–Trinajstić information content (AvgIpc) is 3.81. The summed E-state index contributed by atoms with van der Waals surface area (Å²) in [6.45, 7) is 0. The van der Waals surface area contributed by atoms with Gasteiger partial charge in [0.05, 0.1) is 22.2 Å². The van der Waals surface area contributed by atoms with Gasteiger partial charge in [0.15, 0.2) is 5.82 Å². The van der Waals surface area contributed by atoms with Crippen molar-refractivity contribution in [2.75, 3.05) is 0 Å². The van der Waals surface area contributed by atoms with E-state index >= 15 is 0 Å². The van der Waals surface area contributed by atoms with E-state index in [0.717, 1.165) is 71.8 Å². The minimum Gasteiger partial charge on any atom is -0.456 e. The van der Waals surface area contributed by atoms with Gasteiger partial charge < -0.3 is 8.98 Å². The maximum absolute atomic E-state index is 6.88. The van der Waals surface area contributed by atoms with E-state index in [2.05, 4.69) is 83.4 Å². The Morgan fingerprint density at radius 3 is 1.83 bits per heavy atom. The zero-order chi connectivity index (χ0) is 39.1. The van der Waals surface area contributed by atoms with E-state index in [1.807, 2.05) is 84.9 Å². The van der Waals surface area contributed by atoms with Crippen molar-refractivity contribution in [1.29, 1.82) is 0 Å². The molecule has 4 nitrogen and oxygen atoms in total. The summed E-state index contributed by atoms with van der Waals surface area (Å²) in [4.78, 5) is 10.3. The van der Waals surface area contributed by atoms with Crippen LogP contribution in [0.1, 0.15) is 0 Å². The standard InChI is InChI=1S/C50H27B4N3O/c51-45-42(28-12-3-1-4-13-28)46(52)48(54)44(47(45)53)49-33-17-7-9-19-37(33)55-50(56-49)34-18-11-21-41-43(34)36-27-30(23-25-40(36)58-41)29-22-24-39-35(26-29)32-16-8-10-20-38(32)57(39)31-14-5-2-6-15-31/h1-27H. The molecule has 0 fully saturated rings. The molecule has 0 N–H and O–H groups in total. The van der Waals surface area contributed by atoms with Gasteiger partial charge in [-0.1, -0.05) is 131 Å². The molecule has 0 unspecified atom stereocenters. The second kappa shape index (κ2) is 13.3. The SMILES string of the molecule is [B]c1c([B])c(-c2nc(-c3cccc4oc5ccc(-c6ccc7c(c6)c6ccccc6n7-c6ccccc6)cc5c34)nc3ccccc23)c([B])c([B])c1-c1ccccc1. The van der Waals surface area contributed by atoms with Gasteiger partial charge in [0.2, 0.25) is 0 Å². The lowest BCUT2D eigenvalue weighted by atomic mass is 9.62. The third kappa shape index (κ3) is 5.21. The number of hydrogen-bond donors (Lipinski definition) is 0. The number of aromatic nitrogens is 3. The van der Waals surface area contributed by atoms with Crippen molar-refractivity contribution in [3.05, 3.63) is 164 Å². The Kier molecular flexibility index (Phi) is 7.84. The van der Waals surface area contributed by atoms with E-state index in [-0.39, 0.29) is 0 Å². The zero-order valence-electron chi connectivity index (χ0n) is 31.1. The van der Waals surface area contributed by atoms with Gasteiger partial charge in [-0.15, -0.1) is 0 Å². The number of benzene rings is 8. The molecule has 0 atom stereocenters. The monoisotopic (exact) mass is 729 g/mol. The van der Waals surface area contributed by atoms with Crippen molar-refractivity contribution in [3.8, 4) is 50.6 Å². The maximum Gasteiger partial charge on any atom is 0.161 e. The predicted octanol–water partition coefficient (Wildman–Crippen LogP) is 8.47. The molecule has 0 aliphatic carbocycles. The van der Waals surface area contributed by atoms with Crippen LogP contribution in [0.2, 0.25) is 0 Å². The molecule has 0 saturated heterocycles. The molecular formula is C50H27B4N3O. The Balaban J connectivity index is 1.10. The molecule has 0 spiro atoms. The molecule has 0 saturated carbocycles. The van der Waals surface area contributed by atoms with Gasteiger partial charge >= 0.3 is 0 Å². The number of hydrogen-bond acceptors (Lipinski definition) is 3. The van der Waals surface area contributed by atoms with Gasteiger partial charge in [-0.25, -0.2) is 9.97 Å². The summed E-state index contributed by atoms with van der Waals surface area (Å²) in [7, 11) is 27.3. The van der Waals surface area contributed by atoms with Crippen LogP contribution in [0, 0.1) is 0 Å². The quantitative estimate of drug-likeness (QED) is 0.167. The van der Waals surface area contributed by atoms with E-state index in [1.54, 1.807) is 0 Å². The topological polar surface area (TPSA) is 43.9 Å². The number of nitrogens with zero attached hydrogens (tertiary/aromatic N) is 3. The molecule has 0 amide bonds. The van der Waals surface area contributed by atoms with Crippen LogP contribution >= 0.6 is 0 Å². The summed E-state index contributed by atoms with van der Waals surface area (Å²) in [5, 5.41) is 5.01. The highest BCUT2D eigenvalue weighted by molar-refractivity contribution is 6.62. The van der Waals surface area contributed by atoms with Crippen LogP contribution in [0.25, 0.3) is 105 Å². The van der Waals surface area contributed by atoms with E-state index in [9.17, 15) is 0 Å². The van der Waals surface area contributed by atoms with Crippen LogP contribution in [0.3, 0.4) is 0 Å². The smallest absolute Gasteiger partial charge is 0.161 e. The summed E-state index contributed by atoms with van der Waals surface area (Å²) in [6.07, 6.45) is 0. The molecule has 11 rings (SSSR count). The van der Waals surface area contributed by atoms with Crippen LogP contribution in [0.5, 0.6) is 0 Å². The molecule has 3 heterocycles. The van der Waals surface area contributed by atoms with Crippen molar-refractivity contribution in [2.45, 2.75) is 0 Å². The second-order valence-corrected chi connectivity index (χ2v) is 14.6. The Labute approximate surface area is 339 Å². The molecule has 8 heteroatoms. The highest BCUT2D eigenvalue weighted by Gasteiger charge is 2.22. The Hall–Kier alpha value is -7.04. The summed E-state index contributed by atoms with van der Waals surface area (Å²) in [5.41, 5.74) is 12.4. The molecule has 0 bridgehead atoms. The first kappa shape index (κ1) is 34.2. The lowest BCUT2D eigenvalue weighted by Gasteiger charge is -2.23. The summed E-state index contributed by atoms with van der Waals surface area (Å²) in [5.74, 6) is 0.491. The fourth-order valence-electron chi connectivity index (χ4n) is 8.59. The van der Waals surface area contributed by atoms with Crippen molar-refractivity contribution in [1.82, 2.24) is 14.5 Å². The van der Waals surface area contributed by atoms with Crippen molar-refractivity contribution in [3.63, 3.8) is 0 Å². The molecule has 0 aliphatic heterocycles. The average molecular weight is 729 g/mol. The van der Waals surface area contributed by atoms with Gasteiger partial charge in [-0.2, -0.15) is 0 Å². The highest BCUT2D eigenvalue weighted by atomic mass is 16.3. The van der Waals surface area contributed by atoms with Gasteiger partial charge in [0.25, 0.3) is 0 Å². The number of furan rings is 1.